The van der Waals surface area contributed by atoms with E-state index in [2.05, 4.69) is 13.8 Å². The molecule has 32 heavy (non-hydrogen) atoms. The molecule has 2 atom stereocenters. The first-order chi connectivity index (χ1) is 15.3. The van der Waals surface area contributed by atoms with Crippen LogP contribution in [-0.4, -0.2) is 59.9 Å². The second kappa shape index (κ2) is 10.8. The molecule has 1 aromatic heterocycles. The Hall–Kier alpha value is -3.29. The van der Waals surface area contributed by atoms with Gasteiger partial charge in [0.25, 0.3) is 11.8 Å². The molecule has 0 N–H and O–H groups in total. The van der Waals surface area contributed by atoms with Crippen LogP contribution in [0.4, 0.5) is 0 Å². The van der Waals surface area contributed by atoms with Crippen LogP contribution in [-0.2, 0) is 20.9 Å². The molecule has 1 aliphatic rings. The number of hydrogen-bond donors (Lipinski definition) is 0. The maximum Gasteiger partial charge on any atom is 0.338 e. The van der Waals surface area contributed by atoms with Crippen molar-refractivity contribution in [1.29, 1.82) is 0 Å². The highest BCUT2D eigenvalue weighted by atomic mass is 16.5. The lowest BCUT2D eigenvalue weighted by molar-refractivity contribution is -0.139. The van der Waals surface area contributed by atoms with E-state index in [1.54, 1.807) is 43.4 Å². The minimum atomic E-state index is -0.608. The van der Waals surface area contributed by atoms with E-state index in [0.29, 0.717) is 23.6 Å². The van der Waals surface area contributed by atoms with Crippen LogP contribution in [0.3, 0.4) is 0 Å². The highest BCUT2D eigenvalue weighted by Crippen LogP contribution is 2.23. The minimum absolute atomic E-state index is 0.0367. The van der Waals surface area contributed by atoms with Crippen LogP contribution >= 0.6 is 0 Å². The van der Waals surface area contributed by atoms with Crippen LogP contribution in [0, 0.1) is 0 Å². The van der Waals surface area contributed by atoms with E-state index in [4.69, 9.17) is 13.9 Å². The van der Waals surface area contributed by atoms with E-state index in [1.165, 1.54) is 11.2 Å². The number of hydrogen-bond acceptors (Lipinski definition) is 6. The van der Waals surface area contributed by atoms with Crippen LogP contribution in [0.2, 0.25) is 0 Å². The van der Waals surface area contributed by atoms with Crippen molar-refractivity contribution in [2.75, 3.05) is 20.3 Å². The fourth-order valence-electron chi connectivity index (χ4n) is 3.87. The summed E-state index contributed by atoms with van der Waals surface area (Å²) >= 11 is 0. The van der Waals surface area contributed by atoms with Gasteiger partial charge in [0.05, 0.1) is 18.4 Å². The van der Waals surface area contributed by atoms with Gasteiger partial charge >= 0.3 is 5.97 Å². The zero-order chi connectivity index (χ0) is 23.1. The van der Waals surface area contributed by atoms with E-state index < -0.39 is 5.97 Å². The molecule has 1 saturated heterocycles. The summed E-state index contributed by atoms with van der Waals surface area (Å²) in [7, 11) is 1.61. The Balaban J connectivity index is 1.44. The monoisotopic (exact) mass is 442 g/mol. The Morgan fingerprint density at radius 3 is 2.38 bits per heavy atom. The van der Waals surface area contributed by atoms with Crippen molar-refractivity contribution >= 4 is 17.8 Å². The molecule has 8 heteroatoms. The van der Waals surface area contributed by atoms with E-state index in [0.717, 1.165) is 19.3 Å². The molecule has 0 spiro atoms. The van der Waals surface area contributed by atoms with Gasteiger partial charge in [-0.3, -0.25) is 9.59 Å². The van der Waals surface area contributed by atoms with Gasteiger partial charge in [0.1, 0.15) is 11.5 Å². The van der Waals surface area contributed by atoms with Gasteiger partial charge in [-0.2, -0.15) is 0 Å². The Morgan fingerprint density at radius 2 is 1.75 bits per heavy atom. The van der Waals surface area contributed by atoms with Crippen molar-refractivity contribution < 1.29 is 28.3 Å². The molecule has 0 saturated carbocycles. The molecule has 0 bridgehead atoms. The molecule has 2 aromatic rings. The highest BCUT2D eigenvalue weighted by molar-refractivity contribution is 5.91. The summed E-state index contributed by atoms with van der Waals surface area (Å²) < 4.78 is 15.9. The fourth-order valence-corrected chi connectivity index (χ4v) is 3.87. The quantitative estimate of drug-likeness (QED) is 0.583. The number of rotatable bonds is 8. The van der Waals surface area contributed by atoms with Gasteiger partial charge in [0, 0.05) is 19.1 Å². The topological polar surface area (TPSA) is 89.3 Å². The second-order valence-electron chi connectivity index (χ2n) is 8.15. The summed E-state index contributed by atoms with van der Waals surface area (Å²) in [6.45, 7) is 4.01. The summed E-state index contributed by atoms with van der Waals surface area (Å²) in [6, 6.07) is 10.2. The van der Waals surface area contributed by atoms with Crippen LogP contribution < -0.4 is 4.74 Å². The van der Waals surface area contributed by atoms with Crippen molar-refractivity contribution in [3.8, 4) is 5.75 Å². The van der Waals surface area contributed by atoms with Crippen molar-refractivity contribution in [2.45, 2.75) is 51.7 Å². The predicted octanol–water partition coefficient (Wildman–Crippen LogP) is 3.26. The number of ether oxygens (including phenoxy) is 2. The number of esters is 1. The molecular formula is C24H30N2O6. The van der Waals surface area contributed by atoms with E-state index in [9.17, 15) is 14.4 Å². The third-order valence-electron chi connectivity index (χ3n) is 5.66. The number of likely N-dealkylation sites (tertiary alicyclic amines) is 1. The number of carbonyl (C=O) groups excluding carboxylic acids is 3. The zero-order valence-corrected chi connectivity index (χ0v) is 18.8. The van der Waals surface area contributed by atoms with Gasteiger partial charge in [-0.15, -0.1) is 0 Å². The van der Waals surface area contributed by atoms with Gasteiger partial charge in [-0.1, -0.05) is 0 Å². The van der Waals surface area contributed by atoms with Crippen LogP contribution in [0.15, 0.2) is 47.1 Å². The first-order valence-electron chi connectivity index (χ1n) is 10.8. The minimum Gasteiger partial charge on any atom is -0.484 e. The van der Waals surface area contributed by atoms with Crippen molar-refractivity contribution in [1.82, 2.24) is 9.80 Å². The second-order valence-corrected chi connectivity index (χ2v) is 8.15. The molecule has 2 amide bonds. The van der Waals surface area contributed by atoms with Crippen LogP contribution in [0.1, 0.15) is 49.2 Å². The lowest BCUT2D eigenvalue weighted by atomic mass is 9.97. The lowest BCUT2D eigenvalue weighted by Gasteiger charge is -2.38. The molecule has 172 valence electrons. The average molecular weight is 443 g/mol. The fraction of sp³-hybridized carbons (Fsp3) is 0.458. The summed E-state index contributed by atoms with van der Waals surface area (Å²) in [5.74, 6) is 0.148. The third-order valence-corrected chi connectivity index (χ3v) is 5.66. The van der Waals surface area contributed by atoms with Crippen LogP contribution in [0.5, 0.6) is 5.75 Å². The molecule has 0 aliphatic carbocycles. The third kappa shape index (κ3) is 6.12. The Morgan fingerprint density at radius 1 is 1.06 bits per heavy atom. The molecule has 1 aliphatic heterocycles. The molecule has 8 nitrogen and oxygen atoms in total. The zero-order valence-electron chi connectivity index (χ0n) is 18.8. The Bertz CT molecular complexity index is 899. The van der Waals surface area contributed by atoms with Gasteiger partial charge in [0.15, 0.2) is 13.2 Å². The lowest BCUT2D eigenvalue weighted by Crippen LogP contribution is -2.49. The number of nitrogens with zero attached hydrogens (tertiary/aromatic N) is 2. The van der Waals surface area contributed by atoms with Gasteiger partial charge < -0.3 is 23.7 Å². The molecule has 1 fully saturated rings. The molecule has 2 heterocycles. The molecule has 3 rings (SSSR count). The van der Waals surface area contributed by atoms with Crippen molar-refractivity contribution in [3.05, 3.63) is 54.0 Å². The number of amides is 2. The normalized spacial score (nSPS) is 18.2. The summed E-state index contributed by atoms with van der Waals surface area (Å²) in [5.41, 5.74) is 0.295. The van der Waals surface area contributed by atoms with Crippen LogP contribution in [0.25, 0.3) is 0 Å². The maximum absolute atomic E-state index is 12.6. The Kier molecular flexibility index (Phi) is 7.92. The number of furan rings is 1. The highest BCUT2D eigenvalue weighted by Gasteiger charge is 2.29. The van der Waals surface area contributed by atoms with E-state index >= 15 is 0 Å². The summed E-state index contributed by atoms with van der Waals surface area (Å²) in [4.78, 5) is 40.2. The van der Waals surface area contributed by atoms with Crippen molar-refractivity contribution in [3.63, 3.8) is 0 Å². The number of carbonyl (C=O) groups is 3. The first-order valence-corrected chi connectivity index (χ1v) is 10.8. The van der Waals surface area contributed by atoms with Gasteiger partial charge in [-0.25, -0.2) is 4.79 Å². The van der Waals surface area contributed by atoms with Gasteiger partial charge in [0.2, 0.25) is 0 Å². The molecule has 1 aromatic carbocycles. The molecule has 2 unspecified atom stereocenters. The SMILES string of the molecule is CC1CCCC(C)N1C(=O)COc1ccc(C(=O)OCC(=O)N(C)Cc2ccco2)cc1. The summed E-state index contributed by atoms with van der Waals surface area (Å²) in [6.07, 6.45) is 4.68. The summed E-state index contributed by atoms with van der Waals surface area (Å²) in [5, 5.41) is 0. The van der Waals surface area contributed by atoms with E-state index in [-0.39, 0.29) is 37.1 Å². The number of likely N-dealkylation sites (N-methyl/N-ethyl adjacent to an activating group) is 1. The Labute approximate surface area is 188 Å². The predicted molar refractivity (Wildman–Crippen MR) is 117 cm³/mol. The largest absolute Gasteiger partial charge is 0.484 e. The average Bonchev–Trinajstić information content (AvgIpc) is 3.29. The first kappa shape index (κ1) is 23.4. The molecular weight excluding hydrogens is 412 g/mol. The van der Waals surface area contributed by atoms with Crippen molar-refractivity contribution in [2.24, 2.45) is 0 Å². The standard InChI is InChI=1S/C24H30N2O6/c1-17-6-4-7-18(2)26(17)23(28)16-31-20-11-9-19(10-12-20)24(29)32-15-22(27)25(3)14-21-8-5-13-30-21/h5,8-13,17-18H,4,6-7,14-16H2,1-3H3. The number of benzene rings is 1. The maximum atomic E-state index is 12.6. The van der Waals surface area contributed by atoms with E-state index in [1.807, 2.05) is 4.90 Å². The number of piperidine rings is 1. The molecule has 0 radical (unpaired) electrons. The van der Waals surface area contributed by atoms with Gasteiger partial charge in [-0.05, 0) is 69.5 Å². The smallest absolute Gasteiger partial charge is 0.338 e.